The molecule has 0 spiro atoms. The molecule has 0 amide bonds. The summed E-state index contributed by atoms with van der Waals surface area (Å²) in [7, 11) is 0. The van der Waals surface area contributed by atoms with Gasteiger partial charge in [0.2, 0.25) is 0 Å². The summed E-state index contributed by atoms with van der Waals surface area (Å²) in [5.41, 5.74) is 1.41. The van der Waals surface area contributed by atoms with Crippen LogP contribution in [0.1, 0.15) is 31.2 Å². The van der Waals surface area contributed by atoms with Crippen molar-refractivity contribution in [1.29, 1.82) is 0 Å². The summed E-state index contributed by atoms with van der Waals surface area (Å²) < 4.78 is 1.19. The van der Waals surface area contributed by atoms with Gasteiger partial charge in [-0.3, -0.25) is 4.90 Å². The Bertz CT molecular complexity index is 526. The van der Waals surface area contributed by atoms with Crippen LogP contribution in [-0.4, -0.2) is 23.1 Å². The molecule has 0 unspecified atom stereocenters. The molecule has 96 valence electrons. The Morgan fingerprint density at radius 1 is 1.11 bits per heavy atom. The van der Waals surface area contributed by atoms with Crippen LogP contribution in [0.4, 0.5) is 0 Å². The molecule has 1 aromatic heterocycles. The van der Waals surface area contributed by atoms with Crippen molar-refractivity contribution in [3.8, 4) is 5.75 Å². The number of phenolic OH excluding ortho intramolecular Hbond substituents is 1. The monoisotopic (exact) mass is 261 g/mol. The van der Waals surface area contributed by atoms with E-state index in [9.17, 15) is 5.11 Å². The highest BCUT2D eigenvalue weighted by Crippen LogP contribution is 2.30. The lowest BCUT2D eigenvalue weighted by Gasteiger charge is -2.19. The zero-order valence-corrected chi connectivity index (χ0v) is 11.4. The average Bonchev–Trinajstić information content (AvgIpc) is 2.59. The van der Waals surface area contributed by atoms with Crippen LogP contribution in [0.5, 0.6) is 5.75 Å². The van der Waals surface area contributed by atoms with E-state index in [0.717, 1.165) is 6.54 Å². The maximum Gasteiger partial charge on any atom is 0.117 e. The Labute approximate surface area is 112 Å². The van der Waals surface area contributed by atoms with E-state index in [1.165, 1.54) is 54.4 Å². The second kappa shape index (κ2) is 5.29. The van der Waals surface area contributed by atoms with E-state index in [1.54, 1.807) is 17.4 Å². The van der Waals surface area contributed by atoms with Gasteiger partial charge in [0.15, 0.2) is 0 Å². The van der Waals surface area contributed by atoms with Crippen molar-refractivity contribution in [2.45, 2.75) is 32.2 Å². The van der Waals surface area contributed by atoms with Gasteiger partial charge in [0, 0.05) is 11.2 Å². The van der Waals surface area contributed by atoms with E-state index >= 15 is 0 Å². The smallest absolute Gasteiger partial charge is 0.117 e. The van der Waals surface area contributed by atoms with Crippen molar-refractivity contribution >= 4 is 21.4 Å². The molecular weight excluding hydrogens is 242 g/mol. The molecule has 0 aliphatic carbocycles. The number of rotatable bonds is 2. The number of hydrogen-bond acceptors (Lipinski definition) is 3. The zero-order valence-electron chi connectivity index (χ0n) is 10.6. The first-order valence-electron chi connectivity index (χ1n) is 6.74. The summed E-state index contributed by atoms with van der Waals surface area (Å²) in [6.45, 7) is 3.52. The van der Waals surface area contributed by atoms with Crippen molar-refractivity contribution in [1.82, 2.24) is 4.90 Å². The van der Waals surface area contributed by atoms with Gasteiger partial charge < -0.3 is 5.11 Å². The van der Waals surface area contributed by atoms with Crippen LogP contribution in [0.3, 0.4) is 0 Å². The van der Waals surface area contributed by atoms with Crippen molar-refractivity contribution in [3.63, 3.8) is 0 Å². The van der Waals surface area contributed by atoms with E-state index in [2.05, 4.69) is 10.3 Å². The van der Waals surface area contributed by atoms with E-state index < -0.39 is 0 Å². The second-order valence-corrected chi connectivity index (χ2v) is 6.04. The van der Waals surface area contributed by atoms with Gasteiger partial charge >= 0.3 is 0 Å². The van der Waals surface area contributed by atoms with Gasteiger partial charge in [-0.2, -0.15) is 0 Å². The Morgan fingerprint density at radius 2 is 1.89 bits per heavy atom. The highest BCUT2D eigenvalue weighted by atomic mass is 32.1. The molecule has 1 saturated heterocycles. The Morgan fingerprint density at radius 3 is 2.67 bits per heavy atom. The van der Waals surface area contributed by atoms with E-state index in [1.807, 2.05) is 12.1 Å². The van der Waals surface area contributed by atoms with Crippen LogP contribution in [-0.2, 0) is 6.54 Å². The summed E-state index contributed by atoms with van der Waals surface area (Å²) in [6.07, 6.45) is 5.44. The highest BCUT2D eigenvalue weighted by molar-refractivity contribution is 7.17. The van der Waals surface area contributed by atoms with Crippen molar-refractivity contribution < 1.29 is 5.11 Å². The molecule has 3 rings (SSSR count). The number of aromatic hydroxyl groups is 1. The number of nitrogens with zero attached hydrogens (tertiary/aromatic N) is 1. The third-order valence-electron chi connectivity index (χ3n) is 3.73. The number of benzene rings is 1. The Kier molecular flexibility index (Phi) is 3.52. The van der Waals surface area contributed by atoms with Crippen LogP contribution in [0.2, 0.25) is 0 Å². The lowest BCUT2D eigenvalue weighted by Crippen LogP contribution is -2.23. The molecule has 1 aliphatic heterocycles. The number of fused-ring (bicyclic) bond motifs is 1. The van der Waals surface area contributed by atoms with Gasteiger partial charge in [0.05, 0.1) is 0 Å². The molecule has 1 aromatic carbocycles. The summed E-state index contributed by atoms with van der Waals surface area (Å²) in [4.78, 5) is 2.57. The fourth-order valence-corrected chi connectivity index (χ4v) is 3.72. The maximum atomic E-state index is 9.49. The summed E-state index contributed by atoms with van der Waals surface area (Å²) in [5.74, 6) is 0.366. The standard InChI is InChI=1S/C15H19NOS/c17-13-5-6-14-12(11-18-15(14)9-13)10-16-7-3-1-2-4-8-16/h5-6,9,11,17H,1-4,7-8,10H2. The van der Waals surface area contributed by atoms with Crippen LogP contribution < -0.4 is 0 Å². The van der Waals surface area contributed by atoms with Crippen molar-refractivity contribution in [3.05, 3.63) is 29.1 Å². The Hall–Kier alpha value is -1.06. The molecule has 2 heterocycles. The van der Waals surface area contributed by atoms with Gasteiger partial charge in [-0.25, -0.2) is 0 Å². The lowest BCUT2D eigenvalue weighted by molar-refractivity contribution is 0.278. The Balaban J connectivity index is 1.81. The lowest BCUT2D eigenvalue weighted by atomic mass is 10.1. The van der Waals surface area contributed by atoms with Gasteiger partial charge in [-0.15, -0.1) is 11.3 Å². The zero-order chi connectivity index (χ0) is 12.4. The topological polar surface area (TPSA) is 23.5 Å². The van der Waals surface area contributed by atoms with Gasteiger partial charge in [-0.05, 0) is 60.5 Å². The van der Waals surface area contributed by atoms with Gasteiger partial charge in [0.25, 0.3) is 0 Å². The quantitative estimate of drug-likeness (QED) is 0.883. The van der Waals surface area contributed by atoms with Crippen LogP contribution in [0, 0.1) is 0 Å². The molecule has 0 radical (unpaired) electrons. The number of phenols is 1. The molecule has 0 saturated carbocycles. The molecule has 0 bridgehead atoms. The fourth-order valence-electron chi connectivity index (χ4n) is 2.73. The molecule has 2 nitrogen and oxygen atoms in total. The average molecular weight is 261 g/mol. The molecule has 3 heteroatoms. The fraction of sp³-hybridized carbons (Fsp3) is 0.467. The molecule has 2 aromatic rings. The molecule has 1 N–H and O–H groups in total. The van der Waals surface area contributed by atoms with E-state index in [4.69, 9.17) is 0 Å². The van der Waals surface area contributed by atoms with Crippen LogP contribution in [0.25, 0.3) is 10.1 Å². The maximum absolute atomic E-state index is 9.49. The largest absolute Gasteiger partial charge is 0.508 e. The van der Waals surface area contributed by atoms with Crippen molar-refractivity contribution in [2.24, 2.45) is 0 Å². The first-order chi connectivity index (χ1) is 8.83. The second-order valence-electron chi connectivity index (χ2n) is 5.13. The molecule has 1 aliphatic rings. The first-order valence-corrected chi connectivity index (χ1v) is 7.62. The molecule has 0 atom stereocenters. The minimum atomic E-state index is 0.366. The number of likely N-dealkylation sites (tertiary alicyclic amines) is 1. The van der Waals surface area contributed by atoms with E-state index in [0.29, 0.717) is 5.75 Å². The third-order valence-corrected chi connectivity index (χ3v) is 4.73. The molecule has 1 fully saturated rings. The summed E-state index contributed by atoms with van der Waals surface area (Å²) in [5, 5.41) is 13.0. The first kappa shape index (κ1) is 12.0. The van der Waals surface area contributed by atoms with E-state index in [-0.39, 0.29) is 0 Å². The molecular formula is C15H19NOS. The number of hydrogen-bond donors (Lipinski definition) is 1. The van der Waals surface area contributed by atoms with Gasteiger partial charge in [-0.1, -0.05) is 12.8 Å². The normalized spacial score (nSPS) is 18.0. The van der Waals surface area contributed by atoms with Crippen molar-refractivity contribution in [2.75, 3.05) is 13.1 Å². The SMILES string of the molecule is Oc1ccc2c(CN3CCCCCC3)csc2c1. The number of thiophene rings is 1. The minimum Gasteiger partial charge on any atom is -0.508 e. The summed E-state index contributed by atoms with van der Waals surface area (Å²) in [6, 6.07) is 5.71. The van der Waals surface area contributed by atoms with Gasteiger partial charge in [0.1, 0.15) is 5.75 Å². The predicted octanol–water partition coefficient (Wildman–Crippen LogP) is 3.98. The third kappa shape index (κ3) is 2.52. The summed E-state index contributed by atoms with van der Waals surface area (Å²) >= 11 is 1.74. The highest BCUT2D eigenvalue weighted by Gasteiger charge is 2.12. The molecule has 18 heavy (non-hydrogen) atoms. The van der Waals surface area contributed by atoms with Crippen LogP contribution in [0.15, 0.2) is 23.6 Å². The van der Waals surface area contributed by atoms with Crippen LogP contribution >= 0.6 is 11.3 Å². The predicted molar refractivity (Wildman–Crippen MR) is 77.2 cm³/mol. The minimum absolute atomic E-state index is 0.366.